The maximum Gasteiger partial charge on any atom is 0.191 e. The van der Waals surface area contributed by atoms with Gasteiger partial charge < -0.3 is 10.6 Å². The molecule has 26 heavy (non-hydrogen) atoms. The topological polar surface area (TPSA) is 70.6 Å². The van der Waals surface area contributed by atoms with Crippen LogP contribution in [0.25, 0.3) is 0 Å². The third kappa shape index (κ3) is 6.72. The molecule has 0 aromatic heterocycles. The van der Waals surface area contributed by atoms with Gasteiger partial charge in [-0.2, -0.15) is 0 Å². The van der Waals surface area contributed by atoms with Crippen molar-refractivity contribution in [2.24, 2.45) is 10.9 Å². The molecule has 2 rings (SSSR count). The molecule has 1 aliphatic carbocycles. The van der Waals surface area contributed by atoms with Crippen LogP contribution in [0.3, 0.4) is 0 Å². The number of benzene rings is 1. The van der Waals surface area contributed by atoms with Crippen molar-refractivity contribution in [2.45, 2.75) is 57.4 Å². The Morgan fingerprint density at radius 3 is 2.27 bits per heavy atom. The van der Waals surface area contributed by atoms with E-state index < -0.39 is 9.84 Å². The van der Waals surface area contributed by atoms with Gasteiger partial charge in [0.15, 0.2) is 15.8 Å². The Morgan fingerprint density at radius 1 is 1.23 bits per heavy atom. The van der Waals surface area contributed by atoms with E-state index in [2.05, 4.69) is 43.3 Å². The number of halogens is 1. The molecule has 0 aliphatic heterocycles. The number of hydrogen-bond acceptors (Lipinski definition) is 3. The van der Waals surface area contributed by atoms with Gasteiger partial charge in [-0.3, -0.25) is 4.99 Å². The molecule has 148 valence electrons. The summed E-state index contributed by atoms with van der Waals surface area (Å²) in [6.07, 6.45) is 1.14. The molecule has 0 heterocycles. The largest absolute Gasteiger partial charge is 0.357 e. The molecule has 1 aliphatic rings. The quantitative estimate of drug-likeness (QED) is 0.363. The van der Waals surface area contributed by atoms with E-state index in [0.717, 1.165) is 18.5 Å². The van der Waals surface area contributed by atoms with Gasteiger partial charge in [0.05, 0.1) is 17.2 Å². The molecule has 2 unspecified atom stereocenters. The standard InChI is InChI=1S/C19H31N3O2S.HI/c1-6-20-18(22-17-13-14(17)2)21-11-12-25(23,24)16-9-7-15(8-10-16)19(3,4)5;/h7-10,14,17H,6,11-13H2,1-5H3,(H2,20,21,22);1H. The zero-order valence-corrected chi connectivity index (χ0v) is 19.5. The number of nitrogens with one attached hydrogen (secondary N) is 2. The Hall–Kier alpha value is -0.830. The smallest absolute Gasteiger partial charge is 0.191 e. The van der Waals surface area contributed by atoms with Crippen LogP contribution in [0.15, 0.2) is 34.2 Å². The minimum atomic E-state index is -3.32. The molecule has 7 heteroatoms. The van der Waals surface area contributed by atoms with Crippen LogP contribution in [0.4, 0.5) is 0 Å². The second-order valence-corrected chi connectivity index (χ2v) is 9.93. The molecule has 0 radical (unpaired) electrons. The van der Waals surface area contributed by atoms with Crippen molar-refractivity contribution in [3.63, 3.8) is 0 Å². The highest BCUT2D eigenvalue weighted by Gasteiger charge is 2.33. The lowest BCUT2D eigenvalue weighted by atomic mass is 9.87. The normalized spacial score (nSPS) is 20.3. The summed E-state index contributed by atoms with van der Waals surface area (Å²) in [6, 6.07) is 7.66. The first kappa shape index (κ1) is 23.2. The molecule has 1 saturated carbocycles. The number of nitrogens with zero attached hydrogens (tertiary/aromatic N) is 1. The van der Waals surface area contributed by atoms with E-state index in [0.29, 0.717) is 22.8 Å². The highest BCUT2D eigenvalue weighted by Crippen LogP contribution is 2.28. The number of sulfone groups is 1. The summed E-state index contributed by atoms with van der Waals surface area (Å²) in [5.41, 5.74) is 1.14. The van der Waals surface area contributed by atoms with Gasteiger partial charge in [-0.15, -0.1) is 24.0 Å². The van der Waals surface area contributed by atoms with Crippen molar-refractivity contribution in [3.8, 4) is 0 Å². The van der Waals surface area contributed by atoms with Gasteiger partial charge in [0.2, 0.25) is 0 Å². The Morgan fingerprint density at radius 2 is 1.81 bits per heavy atom. The molecule has 0 spiro atoms. The van der Waals surface area contributed by atoms with Crippen molar-refractivity contribution in [1.29, 1.82) is 0 Å². The van der Waals surface area contributed by atoms with E-state index in [-0.39, 0.29) is 41.7 Å². The van der Waals surface area contributed by atoms with Crippen LogP contribution in [-0.4, -0.2) is 39.3 Å². The van der Waals surface area contributed by atoms with Crippen molar-refractivity contribution in [2.75, 3.05) is 18.8 Å². The third-order valence-electron chi connectivity index (χ3n) is 4.49. The van der Waals surface area contributed by atoms with Crippen LogP contribution >= 0.6 is 24.0 Å². The second kappa shape index (κ2) is 9.39. The molecule has 1 fully saturated rings. The van der Waals surface area contributed by atoms with Gasteiger partial charge in [0.1, 0.15) is 0 Å². The van der Waals surface area contributed by atoms with Crippen LogP contribution in [0.1, 0.15) is 46.6 Å². The summed E-state index contributed by atoms with van der Waals surface area (Å²) in [5, 5.41) is 6.50. The number of aliphatic imine (C=N–C) groups is 1. The van der Waals surface area contributed by atoms with Crippen LogP contribution in [0, 0.1) is 5.92 Å². The van der Waals surface area contributed by atoms with Crippen LogP contribution < -0.4 is 10.6 Å². The lowest BCUT2D eigenvalue weighted by molar-refractivity contribution is 0.586. The Labute approximate surface area is 175 Å². The highest BCUT2D eigenvalue weighted by molar-refractivity contribution is 14.0. The number of rotatable bonds is 6. The average molecular weight is 493 g/mol. The predicted molar refractivity (Wildman–Crippen MR) is 119 cm³/mol. The second-order valence-electron chi connectivity index (χ2n) is 7.82. The number of hydrogen-bond donors (Lipinski definition) is 2. The van der Waals surface area contributed by atoms with Gasteiger partial charge >= 0.3 is 0 Å². The molecule has 1 aromatic carbocycles. The Bertz CT molecular complexity index is 709. The fourth-order valence-electron chi connectivity index (χ4n) is 2.58. The van der Waals surface area contributed by atoms with E-state index in [1.165, 1.54) is 0 Å². The van der Waals surface area contributed by atoms with E-state index in [1.807, 2.05) is 19.1 Å². The number of guanidine groups is 1. The minimum Gasteiger partial charge on any atom is -0.357 e. The van der Waals surface area contributed by atoms with Gasteiger partial charge in [-0.1, -0.05) is 39.8 Å². The molecule has 5 nitrogen and oxygen atoms in total. The van der Waals surface area contributed by atoms with Gasteiger partial charge in [0.25, 0.3) is 0 Å². The monoisotopic (exact) mass is 493 g/mol. The molecular weight excluding hydrogens is 461 g/mol. The van der Waals surface area contributed by atoms with Crippen LogP contribution in [-0.2, 0) is 15.3 Å². The molecule has 1 aromatic rings. The van der Waals surface area contributed by atoms with Crippen LogP contribution in [0.2, 0.25) is 0 Å². The Balaban J connectivity index is 0.00000338. The van der Waals surface area contributed by atoms with Crippen molar-refractivity contribution >= 4 is 39.8 Å². The summed E-state index contributed by atoms with van der Waals surface area (Å²) in [5.74, 6) is 1.38. The van der Waals surface area contributed by atoms with Gasteiger partial charge in [-0.25, -0.2) is 8.42 Å². The average Bonchev–Trinajstić information content (AvgIpc) is 3.21. The summed E-state index contributed by atoms with van der Waals surface area (Å²) in [6.45, 7) is 11.5. The summed E-state index contributed by atoms with van der Waals surface area (Å²) in [4.78, 5) is 4.78. The zero-order chi connectivity index (χ0) is 18.7. The molecule has 0 bridgehead atoms. The van der Waals surface area contributed by atoms with Crippen molar-refractivity contribution < 1.29 is 8.42 Å². The van der Waals surface area contributed by atoms with E-state index >= 15 is 0 Å². The summed E-state index contributed by atoms with van der Waals surface area (Å²) >= 11 is 0. The third-order valence-corrected chi connectivity index (χ3v) is 6.20. The first-order valence-corrected chi connectivity index (χ1v) is 10.7. The first-order valence-electron chi connectivity index (χ1n) is 9.01. The molecule has 2 N–H and O–H groups in total. The van der Waals surface area contributed by atoms with Crippen LogP contribution in [0.5, 0.6) is 0 Å². The first-order chi connectivity index (χ1) is 11.6. The molecule has 2 atom stereocenters. The maximum absolute atomic E-state index is 12.5. The fraction of sp³-hybridized carbons (Fsp3) is 0.632. The summed E-state index contributed by atoms with van der Waals surface area (Å²) < 4.78 is 25.0. The van der Waals surface area contributed by atoms with Gasteiger partial charge in [0, 0.05) is 12.6 Å². The zero-order valence-electron chi connectivity index (χ0n) is 16.4. The lowest BCUT2D eigenvalue weighted by Crippen LogP contribution is -2.39. The van der Waals surface area contributed by atoms with Crippen molar-refractivity contribution in [1.82, 2.24) is 10.6 Å². The van der Waals surface area contributed by atoms with Gasteiger partial charge in [-0.05, 0) is 42.4 Å². The minimum absolute atomic E-state index is 0. The van der Waals surface area contributed by atoms with E-state index in [9.17, 15) is 8.42 Å². The molecule has 0 amide bonds. The van der Waals surface area contributed by atoms with E-state index in [1.54, 1.807) is 12.1 Å². The molecular formula is C19H32IN3O2S. The molecule has 0 saturated heterocycles. The summed E-state index contributed by atoms with van der Waals surface area (Å²) in [7, 11) is -3.32. The Kier molecular flexibility index (Phi) is 8.38. The van der Waals surface area contributed by atoms with E-state index in [4.69, 9.17) is 0 Å². The highest BCUT2D eigenvalue weighted by atomic mass is 127. The fourth-order valence-corrected chi connectivity index (χ4v) is 3.69. The predicted octanol–water partition coefficient (Wildman–Crippen LogP) is 3.34. The lowest BCUT2D eigenvalue weighted by Gasteiger charge is -2.19. The van der Waals surface area contributed by atoms with Crippen molar-refractivity contribution in [3.05, 3.63) is 29.8 Å². The maximum atomic E-state index is 12.5. The SMILES string of the molecule is CCNC(=NCCS(=O)(=O)c1ccc(C(C)(C)C)cc1)NC1CC1C.I.